The molecule has 1 aromatic rings. The first-order valence-electron chi connectivity index (χ1n) is 10.7. The summed E-state index contributed by atoms with van der Waals surface area (Å²) >= 11 is 0. The van der Waals surface area contributed by atoms with Crippen molar-refractivity contribution in [1.29, 1.82) is 0 Å². The Balaban J connectivity index is 2.02. The first-order chi connectivity index (χ1) is 14.9. The summed E-state index contributed by atoms with van der Waals surface area (Å²) < 4.78 is 43.7. The van der Waals surface area contributed by atoms with Crippen LogP contribution in [0.5, 0.6) is 11.5 Å². The average Bonchev–Trinajstić information content (AvgIpc) is 2.77. The third kappa shape index (κ3) is 15.4. The molecule has 1 rings (SSSR count). The van der Waals surface area contributed by atoms with Gasteiger partial charge in [0.2, 0.25) is 0 Å². The molecule has 0 fully saturated rings. The smallest absolute Gasteiger partial charge is 0.161 e. The van der Waals surface area contributed by atoms with Crippen molar-refractivity contribution in [3.8, 4) is 11.5 Å². The van der Waals surface area contributed by atoms with Gasteiger partial charge in [0.25, 0.3) is 0 Å². The number of hydrogen-bond donors (Lipinski definition) is 0. The second-order valence-corrected chi connectivity index (χ2v) is 5.99. The molecule has 0 spiro atoms. The van der Waals surface area contributed by atoms with Gasteiger partial charge >= 0.3 is 0 Å². The largest absolute Gasteiger partial charge is 0.487 e. The van der Waals surface area contributed by atoms with E-state index in [1.165, 1.54) is 0 Å². The van der Waals surface area contributed by atoms with Crippen LogP contribution >= 0.6 is 0 Å². The molecule has 8 nitrogen and oxygen atoms in total. The van der Waals surface area contributed by atoms with Gasteiger partial charge in [0.05, 0.1) is 66.1 Å². The van der Waals surface area contributed by atoms with E-state index in [0.717, 1.165) is 0 Å². The second kappa shape index (κ2) is 20.8. The Kier molecular flexibility index (Phi) is 18.5. The number of para-hydroxylation sites is 2. The van der Waals surface area contributed by atoms with Crippen LogP contribution in [-0.2, 0) is 28.4 Å². The van der Waals surface area contributed by atoms with Gasteiger partial charge < -0.3 is 37.9 Å². The van der Waals surface area contributed by atoms with Crippen LogP contribution in [0.3, 0.4) is 0 Å². The zero-order chi connectivity index (χ0) is 21.5. The number of hydrogen-bond acceptors (Lipinski definition) is 8. The summed E-state index contributed by atoms with van der Waals surface area (Å²) in [6.07, 6.45) is 0. The Bertz CT molecular complexity index is 443. The van der Waals surface area contributed by atoms with Crippen LogP contribution in [0.4, 0.5) is 0 Å². The van der Waals surface area contributed by atoms with Gasteiger partial charge in [0.1, 0.15) is 13.2 Å². The molecule has 0 aromatic heterocycles. The molecule has 1 aromatic carbocycles. The molecule has 0 heterocycles. The Labute approximate surface area is 180 Å². The maximum absolute atomic E-state index is 5.76. The molecule has 0 unspecified atom stereocenters. The second-order valence-electron chi connectivity index (χ2n) is 5.99. The zero-order valence-electron chi connectivity index (χ0n) is 18.5. The molecule has 0 aliphatic rings. The fraction of sp³-hybridized carbons (Fsp3) is 0.727. The zero-order valence-corrected chi connectivity index (χ0v) is 18.5. The van der Waals surface area contributed by atoms with Gasteiger partial charge in [-0.3, -0.25) is 0 Å². The summed E-state index contributed by atoms with van der Waals surface area (Å²) in [5.74, 6) is 1.38. The highest BCUT2D eigenvalue weighted by atomic mass is 16.6. The predicted octanol–water partition coefficient (Wildman–Crippen LogP) is 2.58. The van der Waals surface area contributed by atoms with Crippen LogP contribution in [0, 0.1) is 0 Å². The van der Waals surface area contributed by atoms with Crippen molar-refractivity contribution in [3.05, 3.63) is 24.3 Å². The maximum atomic E-state index is 5.76. The minimum absolute atomic E-state index is 0.439. The van der Waals surface area contributed by atoms with Gasteiger partial charge in [-0.2, -0.15) is 0 Å². The van der Waals surface area contributed by atoms with Crippen LogP contribution in [0.2, 0.25) is 0 Å². The summed E-state index contributed by atoms with van der Waals surface area (Å²) in [6, 6.07) is 7.56. The SMILES string of the molecule is CCOCCOCCOCCOc1ccccc1OCCOCCOCCOCC. The highest BCUT2D eigenvalue weighted by molar-refractivity contribution is 5.39. The fourth-order valence-corrected chi connectivity index (χ4v) is 2.28. The van der Waals surface area contributed by atoms with Crippen molar-refractivity contribution in [2.75, 3.05) is 92.5 Å². The summed E-state index contributed by atoms with van der Waals surface area (Å²) in [6.45, 7) is 11.7. The Morgan fingerprint density at radius 3 is 1.07 bits per heavy atom. The Morgan fingerprint density at radius 2 is 0.733 bits per heavy atom. The lowest BCUT2D eigenvalue weighted by molar-refractivity contribution is 0.00974. The van der Waals surface area contributed by atoms with Crippen LogP contribution < -0.4 is 9.47 Å². The molecule has 0 N–H and O–H groups in total. The highest BCUT2D eigenvalue weighted by Gasteiger charge is 2.04. The van der Waals surface area contributed by atoms with Crippen molar-refractivity contribution in [1.82, 2.24) is 0 Å². The highest BCUT2D eigenvalue weighted by Crippen LogP contribution is 2.26. The Morgan fingerprint density at radius 1 is 0.433 bits per heavy atom. The molecule has 0 amide bonds. The summed E-state index contributed by atoms with van der Waals surface area (Å²) in [4.78, 5) is 0. The molecule has 174 valence electrons. The first kappa shape index (κ1) is 26.6. The quantitative estimate of drug-likeness (QED) is 0.260. The molecular weight excluding hydrogens is 392 g/mol. The van der Waals surface area contributed by atoms with Gasteiger partial charge in [-0.1, -0.05) is 12.1 Å². The maximum Gasteiger partial charge on any atom is 0.161 e. The lowest BCUT2D eigenvalue weighted by Gasteiger charge is -2.13. The summed E-state index contributed by atoms with van der Waals surface area (Å²) in [5.41, 5.74) is 0. The van der Waals surface area contributed by atoms with Crippen molar-refractivity contribution >= 4 is 0 Å². The van der Waals surface area contributed by atoms with Gasteiger partial charge in [-0.05, 0) is 26.0 Å². The van der Waals surface area contributed by atoms with E-state index in [4.69, 9.17) is 37.9 Å². The van der Waals surface area contributed by atoms with Crippen LogP contribution in [0.25, 0.3) is 0 Å². The third-order valence-corrected chi connectivity index (χ3v) is 3.72. The first-order valence-corrected chi connectivity index (χ1v) is 10.7. The van der Waals surface area contributed by atoms with Gasteiger partial charge in [0.15, 0.2) is 11.5 Å². The molecule has 0 saturated carbocycles. The van der Waals surface area contributed by atoms with Crippen molar-refractivity contribution in [2.45, 2.75) is 13.8 Å². The van der Waals surface area contributed by atoms with Crippen molar-refractivity contribution in [2.24, 2.45) is 0 Å². The third-order valence-electron chi connectivity index (χ3n) is 3.72. The van der Waals surface area contributed by atoms with Crippen molar-refractivity contribution < 1.29 is 37.9 Å². The van der Waals surface area contributed by atoms with Gasteiger partial charge in [-0.25, -0.2) is 0 Å². The summed E-state index contributed by atoms with van der Waals surface area (Å²) in [7, 11) is 0. The van der Waals surface area contributed by atoms with E-state index in [1.807, 2.05) is 38.1 Å². The van der Waals surface area contributed by atoms with E-state index in [2.05, 4.69) is 0 Å². The normalized spacial score (nSPS) is 11.0. The Hall–Kier alpha value is -1.42. The lowest BCUT2D eigenvalue weighted by Crippen LogP contribution is -2.14. The van der Waals surface area contributed by atoms with E-state index in [-0.39, 0.29) is 0 Å². The van der Waals surface area contributed by atoms with Gasteiger partial charge in [0, 0.05) is 13.2 Å². The van der Waals surface area contributed by atoms with Crippen LogP contribution in [0.1, 0.15) is 13.8 Å². The average molecular weight is 431 g/mol. The van der Waals surface area contributed by atoms with Gasteiger partial charge in [-0.15, -0.1) is 0 Å². The molecule has 0 saturated heterocycles. The van der Waals surface area contributed by atoms with E-state index in [0.29, 0.717) is 104 Å². The molecule has 8 heteroatoms. The number of ether oxygens (including phenoxy) is 8. The van der Waals surface area contributed by atoms with Crippen LogP contribution in [0.15, 0.2) is 24.3 Å². The fourth-order valence-electron chi connectivity index (χ4n) is 2.28. The van der Waals surface area contributed by atoms with E-state index >= 15 is 0 Å². The molecule has 0 atom stereocenters. The molecule has 0 bridgehead atoms. The predicted molar refractivity (Wildman–Crippen MR) is 114 cm³/mol. The lowest BCUT2D eigenvalue weighted by atomic mass is 10.3. The molecule has 0 aliphatic heterocycles. The van der Waals surface area contributed by atoms with E-state index < -0.39 is 0 Å². The minimum atomic E-state index is 0.439. The monoisotopic (exact) mass is 430 g/mol. The van der Waals surface area contributed by atoms with E-state index in [9.17, 15) is 0 Å². The van der Waals surface area contributed by atoms with Crippen molar-refractivity contribution in [3.63, 3.8) is 0 Å². The standard InChI is InChI=1S/C22H38O8/c1-3-23-9-11-25-13-15-27-17-19-29-21-7-5-6-8-22(21)30-20-18-28-16-14-26-12-10-24-4-2/h5-8H,3-4,9-20H2,1-2H3. The topological polar surface area (TPSA) is 73.8 Å². The minimum Gasteiger partial charge on any atom is -0.487 e. The molecule has 30 heavy (non-hydrogen) atoms. The molecule has 0 radical (unpaired) electrons. The van der Waals surface area contributed by atoms with E-state index in [1.54, 1.807) is 0 Å². The number of benzene rings is 1. The molecular formula is C22H38O8. The molecule has 0 aliphatic carbocycles. The number of rotatable bonds is 22. The van der Waals surface area contributed by atoms with Crippen LogP contribution in [-0.4, -0.2) is 92.5 Å². The summed E-state index contributed by atoms with van der Waals surface area (Å²) in [5, 5.41) is 0.